The van der Waals surface area contributed by atoms with Crippen LogP contribution in [0.1, 0.15) is 25.2 Å². The summed E-state index contributed by atoms with van der Waals surface area (Å²) in [6.45, 7) is 5.51. The zero-order chi connectivity index (χ0) is 13.1. The summed E-state index contributed by atoms with van der Waals surface area (Å²) in [5.41, 5.74) is 2.00. The Balaban J connectivity index is 2.14. The summed E-state index contributed by atoms with van der Waals surface area (Å²) in [5.74, 6) is -0.149. The second-order valence-electron chi connectivity index (χ2n) is 4.32. The topological polar surface area (TPSA) is 67.2 Å². The van der Waals surface area contributed by atoms with Gasteiger partial charge in [-0.25, -0.2) is 0 Å². The van der Waals surface area contributed by atoms with Crippen molar-refractivity contribution in [3.8, 4) is 0 Å². The number of aryl methyl sites for hydroxylation is 2. The molecule has 1 saturated heterocycles. The van der Waals surface area contributed by atoms with E-state index in [0.29, 0.717) is 6.54 Å². The smallest absolute Gasteiger partial charge is 0.242 e. The molecule has 0 saturated carbocycles. The van der Waals surface area contributed by atoms with Gasteiger partial charge in [0, 0.05) is 6.54 Å². The predicted molar refractivity (Wildman–Crippen MR) is 65.7 cm³/mol. The number of nitrogens with zero attached hydrogens (tertiary/aromatic N) is 3. The van der Waals surface area contributed by atoms with Crippen molar-refractivity contribution >= 4 is 11.8 Å². The first-order valence-electron chi connectivity index (χ1n) is 6.24. The second kappa shape index (κ2) is 5.20. The zero-order valence-corrected chi connectivity index (χ0v) is 10.8. The van der Waals surface area contributed by atoms with Crippen molar-refractivity contribution in [2.45, 2.75) is 33.4 Å². The Hall–Kier alpha value is -1.85. The van der Waals surface area contributed by atoms with E-state index in [1.54, 1.807) is 4.90 Å². The van der Waals surface area contributed by atoms with Crippen LogP contribution in [-0.4, -0.2) is 39.6 Å². The van der Waals surface area contributed by atoms with Gasteiger partial charge >= 0.3 is 0 Å². The average molecular weight is 250 g/mol. The SMILES string of the molecule is CCc1cc(CN2CC(=O)NCC2=O)n(CC)n1. The highest BCUT2D eigenvalue weighted by Crippen LogP contribution is 2.10. The highest BCUT2D eigenvalue weighted by Gasteiger charge is 2.24. The molecule has 2 rings (SSSR count). The Morgan fingerprint density at radius 3 is 2.83 bits per heavy atom. The van der Waals surface area contributed by atoms with Crippen LogP contribution >= 0.6 is 0 Å². The van der Waals surface area contributed by atoms with Crippen molar-refractivity contribution in [1.82, 2.24) is 20.0 Å². The van der Waals surface area contributed by atoms with Crippen LogP contribution in [-0.2, 0) is 29.1 Å². The highest BCUT2D eigenvalue weighted by molar-refractivity contribution is 5.92. The fourth-order valence-electron chi connectivity index (χ4n) is 2.03. The van der Waals surface area contributed by atoms with Crippen LogP contribution in [0.4, 0.5) is 0 Å². The summed E-state index contributed by atoms with van der Waals surface area (Å²) < 4.78 is 1.89. The predicted octanol–water partition coefficient (Wildman–Crippen LogP) is -0.0762. The summed E-state index contributed by atoms with van der Waals surface area (Å²) >= 11 is 0. The molecule has 1 aliphatic heterocycles. The van der Waals surface area contributed by atoms with Gasteiger partial charge in [0.25, 0.3) is 0 Å². The van der Waals surface area contributed by atoms with Crippen LogP contribution in [0.5, 0.6) is 0 Å². The molecule has 1 fully saturated rings. The largest absolute Gasteiger partial charge is 0.345 e. The van der Waals surface area contributed by atoms with Crippen molar-refractivity contribution in [2.24, 2.45) is 0 Å². The number of carbonyl (C=O) groups is 2. The lowest BCUT2D eigenvalue weighted by molar-refractivity contribution is -0.141. The molecule has 98 valence electrons. The number of hydrogen-bond acceptors (Lipinski definition) is 3. The molecule has 1 aliphatic rings. The summed E-state index contributed by atoms with van der Waals surface area (Å²) in [6, 6.07) is 2.00. The molecule has 6 nitrogen and oxygen atoms in total. The van der Waals surface area contributed by atoms with E-state index in [2.05, 4.69) is 10.4 Å². The summed E-state index contributed by atoms with van der Waals surface area (Å²) in [7, 11) is 0. The number of hydrogen-bond donors (Lipinski definition) is 1. The third-order valence-corrected chi connectivity index (χ3v) is 3.05. The van der Waals surface area contributed by atoms with Crippen LogP contribution in [0, 0.1) is 0 Å². The van der Waals surface area contributed by atoms with E-state index < -0.39 is 0 Å². The number of amides is 2. The maximum Gasteiger partial charge on any atom is 0.242 e. The van der Waals surface area contributed by atoms with Gasteiger partial charge in [-0.2, -0.15) is 5.10 Å². The lowest BCUT2D eigenvalue weighted by atomic mass is 10.2. The van der Waals surface area contributed by atoms with Crippen LogP contribution in [0.25, 0.3) is 0 Å². The fraction of sp³-hybridized carbons (Fsp3) is 0.583. The van der Waals surface area contributed by atoms with Crippen molar-refractivity contribution in [3.63, 3.8) is 0 Å². The molecule has 1 aromatic rings. The Morgan fingerprint density at radius 2 is 2.17 bits per heavy atom. The zero-order valence-electron chi connectivity index (χ0n) is 10.8. The van der Waals surface area contributed by atoms with Gasteiger partial charge in [-0.05, 0) is 19.4 Å². The third-order valence-electron chi connectivity index (χ3n) is 3.05. The Morgan fingerprint density at radius 1 is 1.39 bits per heavy atom. The molecule has 0 spiro atoms. The van der Waals surface area contributed by atoms with Gasteiger partial charge in [0.2, 0.25) is 11.8 Å². The molecule has 0 bridgehead atoms. The maximum absolute atomic E-state index is 11.7. The van der Waals surface area contributed by atoms with E-state index >= 15 is 0 Å². The molecular weight excluding hydrogens is 232 g/mol. The highest BCUT2D eigenvalue weighted by atomic mass is 16.2. The summed E-state index contributed by atoms with van der Waals surface area (Å²) in [6.07, 6.45) is 0.869. The minimum atomic E-state index is -0.104. The number of carbonyl (C=O) groups excluding carboxylic acids is 2. The van der Waals surface area contributed by atoms with Crippen molar-refractivity contribution in [2.75, 3.05) is 13.1 Å². The van der Waals surface area contributed by atoms with Gasteiger partial charge in [-0.15, -0.1) is 0 Å². The Labute approximate surface area is 106 Å². The number of nitrogens with one attached hydrogen (secondary N) is 1. The third kappa shape index (κ3) is 2.52. The van der Waals surface area contributed by atoms with Crippen LogP contribution < -0.4 is 5.32 Å². The van der Waals surface area contributed by atoms with E-state index in [1.165, 1.54) is 0 Å². The van der Waals surface area contributed by atoms with Crippen LogP contribution in [0.2, 0.25) is 0 Å². The van der Waals surface area contributed by atoms with E-state index in [4.69, 9.17) is 0 Å². The van der Waals surface area contributed by atoms with E-state index in [1.807, 2.05) is 24.6 Å². The molecule has 18 heavy (non-hydrogen) atoms. The van der Waals surface area contributed by atoms with Gasteiger partial charge in [-0.1, -0.05) is 6.92 Å². The molecule has 2 amide bonds. The van der Waals surface area contributed by atoms with Gasteiger partial charge in [0.1, 0.15) is 0 Å². The second-order valence-corrected chi connectivity index (χ2v) is 4.32. The van der Waals surface area contributed by atoms with Crippen LogP contribution in [0.15, 0.2) is 6.07 Å². The number of rotatable bonds is 4. The maximum atomic E-state index is 11.7. The number of piperazine rings is 1. The monoisotopic (exact) mass is 250 g/mol. The van der Waals surface area contributed by atoms with Crippen molar-refractivity contribution < 1.29 is 9.59 Å². The lowest BCUT2D eigenvalue weighted by Crippen LogP contribution is -2.51. The van der Waals surface area contributed by atoms with Gasteiger partial charge in [-0.3, -0.25) is 14.3 Å². The normalized spacial score (nSPS) is 16.0. The standard InChI is InChI=1S/C12H18N4O2/c1-3-9-5-10(16(4-2)14-9)7-15-8-11(17)13-6-12(15)18/h5H,3-4,6-8H2,1-2H3,(H,13,17). The van der Waals surface area contributed by atoms with Gasteiger partial charge in [0.05, 0.1) is 31.0 Å². The first kappa shape index (κ1) is 12.6. The molecule has 2 heterocycles. The quantitative estimate of drug-likeness (QED) is 0.813. The molecule has 0 atom stereocenters. The molecular formula is C12H18N4O2. The van der Waals surface area contributed by atoms with Gasteiger partial charge in [0.15, 0.2) is 0 Å². The first-order chi connectivity index (χ1) is 8.63. The lowest BCUT2D eigenvalue weighted by Gasteiger charge is -2.26. The molecule has 0 unspecified atom stereocenters. The molecule has 0 radical (unpaired) electrons. The molecule has 0 aromatic carbocycles. The van der Waals surface area contributed by atoms with E-state index in [9.17, 15) is 9.59 Å². The minimum absolute atomic E-state index is 0.0449. The molecule has 0 aliphatic carbocycles. The van der Waals surface area contributed by atoms with Crippen LogP contribution in [0.3, 0.4) is 0 Å². The first-order valence-corrected chi connectivity index (χ1v) is 6.24. The molecule has 1 aromatic heterocycles. The Kier molecular flexibility index (Phi) is 3.64. The fourth-order valence-corrected chi connectivity index (χ4v) is 2.03. The summed E-state index contributed by atoms with van der Waals surface area (Å²) in [5, 5.41) is 6.97. The van der Waals surface area contributed by atoms with Crippen molar-refractivity contribution in [3.05, 3.63) is 17.5 Å². The Bertz CT molecular complexity index is 467. The molecule has 1 N–H and O–H groups in total. The van der Waals surface area contributed by atoms with E-state index in [0.717, 1.165) is 24.4 Å². The average Bonchev–Trinajstić information content (AvgIpc) is 2.76. The van der Waals surface area contributed by atoms with Crippen molar-refractivity contribution in [1.29, 1.82) is 0 Å². The number of aromatic nitrogens is 2. The molecule has 6 heteroatoms. The van der Waals surface area contributed by atoms with Gasteiger partial charge < -0.3 is 10.2 Å². The summed E-state index contributed by atoms with van der Waals surface area (Å²) in [4.78, 5) is 24.6. The minimum Gasteiger partial charge on any atom is -0.345 e. The van der Waals surface area contributed by atoms with E-state index in [-0.39, 0.29) is 24.9 Å².